The number of nitrogens with zero attached hydrogens (tertiary/aromatic N) is 3. The van der Waals surface area contributed by atoms with Gasteiger partial charge in [-0.25, -0.2) is 4.79 Å². The lowest BCUT2D eigenvalue weighted by Gasteiger charge is -2.35. The van der Waals surface area contributed by atoms with Crippen LogP contribution in [-0.2, 0) is 11.3 Å². The lowest BCUT2D eigenvalue weighted by atomic mass is 9.90. The molecule has 1 saturated carbocycles. The van der Waals surface area contributed by atoms with Crippen LogP contribution in [-0.4, -0.2) is 54.7 Å². The van der Waals surface area contributed by atoms with Crippen molar-refractivity contribution in [2.24, 2.45) is 5.73 Å². The highest BCUT2D eigenvalue weighted by molar-refractivity contribution is 6.06. The van der Waals surface area contributed by atoms with Crippen molar-refractivity contribution in [3.8, 4) is 11.1 Å². The van der Waals surface area contributed by atoms with Crippen LogP contribution in [0.25, 0.3) is 11.1 Å². The van der Waals surface area contributed by atoms with Gasteiger partial charge in [-0.15, -0.1) is 0 Å². The maximum absolute atomic E-state index is 13.1. The number of rotatable bonds is 10. The normalized spacial score (nSPS) is 16.7. The highest BCUT2D eigenvalue weighted by Gasteiger charge is 2.28. The fraction of sp³-hybridized carbons (Fsp3) is 0.406. The largest absolute Gasteiger partial charge is 0.453 e. The van der Waals surface area contributed by atoms with Gasteiger partial charge in [0.15, 0.2) is 0 Å². The Bertz CT molecular complexity index is 1270. The van der Waals surface area contributed by atoms with Gasteiger partial charge in [0.2, 0.25) is 0 Å². The Morgan fingerprint density at radius 2 is 1.82 bits per heavy atom. The minimum absolute atomic E-state index is 0.114. The first-order chi connectivity index (χ1) is 19.4. The zero-order chi connectivity index (χ0) is 28.5. The van der Waals surface area contributed by atoms with Gasteiger partial charge in [0.1, 0.15) is 0 Å². The van der Waals surface area contributed by atoms with E-state index in [9.17, 15) is 9.59 Å². The van der Waals surface area contributed by atoms with Gasteiger partial charge < -0.3 is 25.6 Å². The molecule has 0 saturated heterocycles. The Morgan fingerprint density at radius 3 is 2.52 bits per heavy atom. The van der Waals surface area contributed by atoms with Crippen LogP contribution >= 0.6 is 0 Å². The highest BCUT2D eigenvalue weighted by atomic mass is 16.5. The molecule has 0 atom stereocenters. The molecule has 1 aromatic heterocycles. The van der Waals surface area contributed by atoms with E-state index >= 15 is 0 Å². The van der Waals surface area contributed by atoms with E-state index < -0.39 is 0 Å². The average molecular weight is 544 g/mol. The average Bonchev–Trinajstić information content (AvgIpc) is 2.99. The first kappa shape index (κ1) is 29.1. The molecule has 1 heterocycles. The summed E-state index contributed by atoms with van der Waals surface area (Å²) in [5, 5.41) is 3.11. The summed E-state index contributed by atoms with van der Waals surface area (Å²) in [5.74, 6) is -0.204. The molecule has 8 heteroatoms. The second kappa shape index (κ2) is 13.9. The molecule has 4 rings (SSSR count). The quantitative estimate of drug-likeness (QED) is 0.322. The van der Waals surface area contributed by atoms with Crippen molar-refractivity contribution < 1.29 is 14.3 Å². The Hall–Kier alpha value is -3.91. The maximum Gasteiger partial charge on any atom is 0.410 e. The number of pyridine rings is 1. The third kappa shape index (κ3) is 7.39. The van der Waals surface area contributed by atoms with Gasteiger partial charge in [-0.1, -0.05) is 37.6 Å². The molecule has 1 fully saturated rings. The van der Waals surface area contributed by atoms with Crippen molar-refractivity contribution in [1.29, 1.82) is 0 Å². The smallest absolute Gasteiger partial charge is 0.410 e. The number of hydrogen-bond donors (Lipinski definition) is 2. The third-order valence-corrected chi connectivity index (χ3v) is 7.63. The molecule has 1 aliphatic carbocycles. The number of anilines is 2. The van der Waals surface area contributed by atoms with Crippen molar-refractivity contribution in [2.75, 3.05) is 30.9 Å². The molecule has 3 aromatic rings. The molecule has 2 aromatic carbocycles. The van der Waals surface area contributed by atoms with E-state index in [-0.39, 0.29) is 24.1 Å². The molecule has 3 N–H and O–H groups in total. The Balaban J connectivity index is 1.61. The van der Waals surface area contributed by atoms with Crippen LogP contribution in [0.4, 0.5) is 16.2 Å². The van der Waals surface area contributed by atoms with Gasteiger partial charge in [-0.2, -0.15) is 0 Å². The van der Waals surface area contributed by atoms with Crippen molar-refractivity contribution in [3.05, 3.63) is 78.1 Å². The van der Waals surface area contributed by atoms with Gasteiger partial charge in [-0.3, -0.25) is 9.78 Å². The number of benzene rings is 2. The zero-order valence-electron chi connectivity index (χ0n) is 23.8. The standard InChI is InChI=1S/C32H41N5O3/c1-4-5-18-36(2)30-16-11-25(20-29(30)35-31(38)26-10-7-17-34-21-26)24-9-6-8-23(19-24)22-37(32(39)40-3)28-14-12-27(33)13-15-28/h6-11,16-17,19-21,27-28H,4-5,12-15,18,22,33H2,1-3H3,(H,35,38). The molecule has 1 aliphatic rings. The number of carbonyl (C=O) groups excluding carboxylic acids is 2. The summed E-state index contributed by atoms with van der Waals surface area (Å²) in [5.41, 5.74) is 11.3. The Morgan fingerprint density at radius 1 is 1.05 bits per heavy atom. The topological polar surface area (TPSA) is 101 Å². The summed E-state index contributed by atoms with van der Waals surface area (Å²) in [6.07, 6.45) is 8.62. The second-order valence-electron chi connectivity index (χ2n) is 10.6. The molecular weight excluding hydrogens is 502 g/mol. The van der Waals surface area contributed by atoms with E-state index in [1.54, 1.807) is 24.5 Å². The van der Waals surface area contributed by atoms with E-state index in [4.69, 9.17) is 10.5 Å². The number of unbranched alkanes of at least 4 members (excludes halogenated alkanes) is 1. The summed E-state index contributed by atoms with van der Waals surface area (Å²) in [7, 11) is 3.48. The molecule has 0 bridgehead atoms. The first-order valence-electron chi connectivity index (χ1n) is 14.2. The third-order valence-electron chi connectivity index (χ3n) is 7.63. The fourth-order valence-electron chi connectivity index (χ4n) is 5.28. The predicted molar refractivity (Wildman–Crippen MR) is 160 cm³/mol. The summed E-state index contributed by atoms with van der Waals surface area (Å²) in [4.78, 5) is 33.9. The van der Waals surface area contributed by atoms with Crippen LogP contribution in [0.3, 0.4) is 0 Å². The van der Waals surface area contributed by atoms with Crippen molar-refractivity contribution >= 4 is 23.4 Å². The lowest BCUT2D eigenvalue weighted by Crippen LogP contribution is -2.43. The minimum Gasteiger partial charge on any atom is -0.453 e. The number of ether oxygens (including phenoxy) is 1. The number of nitrogens with one attached hydrogen (secondary N) is 1. The molecule has 0 unspecified atom stereocenters. The number of hydrogen-bond acceptors (Lipinski definition) is 6. The van der Waals surface area contributed by atoms with E-state index in [0.29, 0.717) is 12.1 Å². The molecule has 2 amide bonds. The van der Waals surface area contributed by atoms with Gasteiger partial charge in [-0.05, 0) is 79.1 Å². The van der Waals surface area contributed by atoms with Gasteiger partial charge >= 0.3 is 6.09 Å². The number of methoxy groups -OCH3 is 1. The lowest BCUT2D eigenvalue weighted by molar-refractivity contribution is 0.0879. The molecule has 212 valence electrons. The molecular formula is C32H41N5O3. The number of amides is 2. The van der Waals surface area contributed by atoms with Crippen LogP contribution in [0.1, 0.15) is 61.4 Å². The van der Waals surface area contributed by atoms with E-state index in [1.807, 2.05) is 36.2 Å². The maximum atomic E-state index is 13.1. The van der Waals surface area contributed by atoms with Gasteiger partial charge in [0.05, 0.1) is 24.0 Å². The first-order valence-corrected chi connectivity index (χ1v) is 14.2. The molecule has 0 spiro atoms. The second-order valence-corrected chi connectivity index (χ2v) is 10.6. The highest BCUT2D eigenvalue weighted by Crippen LogP contribution is 2.33. The van der Waals surface area contributed by atoms with Crippen LogP contribution in [0.2, 0.25) is 0 Å². The molecule has 8 nitrogen and oxygen atoms in total. The monoisotopic (exact) mass is 543 g/mol. The summed E-state index contributed by atoms with van der Waals surface area (Å²) in [6.45, 7) is 3.51. The van der Waals surface area contributed by atoms with Crippen LogP contribution in [0.5, 0.6) is 0 Å². The van der Waals surface area contributed by atoms with Crippen LogP contribution in [0.15, 0.2) is 67.0 Å². The van der Waals surface area contributed by atoms with Gasteiger partial charge in [0, 0.05) is 44.6 Å². The molecule has 0 aliphatic heterocycles. The zero-order valence-corrected chi connectivity index (χ0v) is 23.8. The van der Waals surface area contributed by atoms with Crippen molar-refractivity contribution in [2.45, 2.75) is 64.1 Å². The van der Waals surface area contributed by atoms with Crippen molar-refractivity contribution in [3.63, 3.8) is 0 Å². The van der Waals surface area contributed by atoms with E-state index in [0.717, 1.165) is 73.1 Å². The number of carbonyl (C=O) groups is 2. The van der Waals surface area contributed by atoms with E-state index in [1.165, 1.54) is 7.11 Å². The number of aromatic nitrogens is 1. The fourth-order valence-corrected chi connectivity index (χ4v) is 5.28. The van der Waals surface area contributed by atoms with E-state index in [2.05, 4.69) is 40.3 Å². The Labute approximate surface area is 237 Å². The molecule has 40 heavy (non-hydrogen) atoms. The van der Waals surface area contributed by atoms with Gasteiger partial charge in [0.25, 0.3) is 5.91 Å². The van der Waals surface area contributed by atoms with Crippen LogP contribution < -0.4 is 16.0 Å². The summed E-state index contributed by atoms with van der Waals surface area (Å²) in [6, 6.07) is 18.2. The summed E-state index contributed by atoms with van der Waals surface area (Å²) >= 11 is 0. The number of nitrogens with two attached hydrogens (primary N) is 1. The minimum atomic E-state index is -0.314. The SMILES string of the molecule is CCCCN(C)c1ccc(-c2cccc(CN(C(=O)OC)C3CCC(N)CC3)c2)cc1NC(=O)c1cccnc1. The molecule has 0 radical (unpaired) electrons. The predicted octanol–water partition coefficient (Wildman–Crippen LogP) is 6.08. The summed E-state index contributed by atoms with van der Waals surface area (Å²) < 4.78 is 5.14. The van der Waals surface area contributed by atoms with Crippen molar-refractivity contribution in [1.82, 2.24) is 9.88 Å². The Kier molecular flexibility index (Phi) is 10.1. The van der Waals surface area contributed by atoms with Crippen LogP contribution in [0, 0.1) is 0 Å².